The topological polar surface area (TPSA) is 273 Å². The Morgan fingerprint density at radius 2 is 1.28 bits per heavy atom. The number of nitrogens with one attached hydrogen (secondary N) is 6. The largest absolute Gasteiger partial charge is 0.508 e. The molecule has 1 unspecified atom stereocenters. The highest BCUT2D eigenvalue weighted by Gasteiger charge is 2.41. The van der Waals surface area contributed by atoms with Gasteiger partial charge in [-0.25, -0.2) is 0 Å². The second-order valence-electron chi connectivity index (χ2n) is 17.8. The number of benzene rings is 1. The van der Waals surface area contributed by atoms with Gasteiger partial charge in [0.05, 0.1) is 18.8 Å². The number of phenolic OH excluding ortho intramolecular Hbond substituents is 1. The van der Waals surface area contributed by atoms with Crippen molar-refractivity contribution < 1.29 is 53.7 Å². The lowest BCUT2D eigenvalue weighted by molar-refractivity contribution is -0.145. The van der Waals surface area contributed by atoms with Crippen molar-refractivity contribution in [3.63, 3.8) is 0 Å². The number of nitrogens with zero attached hydrogens (tertiary/aromatic N) is 1. The molecule has 1 fully saturated rings. The minimum atomic E-state index is -1.59. The molecule has 1 aromatic carbocycles. The Hall–Kier alpha value is -5.10. The molecule has 18 heteroatoms. The van der Waals surface area contributed by atoms with E-state index in [-0.39, 0.29) is 56.3 Å². The summed E-state index contributed by atoms with van der Waals surface area (Å²) in [6.07, 6.45) is 11.2. The molecule has 0 bridgehead atoms. The third-order valence-corrected chi connectivity index (χ3v) is 11.4. The monoisotopic (exact) mass is 916 g/mol. The number of carbonyl (C=O) groups is 8. The van der Waals surface area contributed by atoms with E-state index < -0.39 is 83.9 Å². The predicted molar refractivity (Wildman–Crippen MR) is 245 cm³/mol. The number of phenols is 1. The van der Waals surface area contributed by atoms with Gasteiger partial charge in [-0.2, -0.15) is 0 Å². The number of hydrogen-bond acceptors (Lipinski definition) is 11. The van der Waals surface area contributed by atoms with E-state index in [0.29, 0.717) is 24.7 Å². The van der Waals surface area contributed by atoms with Crippen molar-refractivity contribution in [1.82, 2.24) is 36.8 Å². The van der Waals surface area contributed by atoms with Crippen LogP contribution >= 0.6 is 0 Å². The van der Waals surface area contributed by atoms with Crippen molar-refractivity contribution in [2.75, 3.05) is 13.1 Å². The first-order chi connectivity index (χ1) is 30.9. The standard InChI is InChI=1S/C47H77N7O11/c1-7-8-9-10-11-12-13-14-15-16-17-20-39(59)50-36(28-30(2)3)44(62)53-41(33(6)57)47(65)54-26-18-19-38(54)45(63)52-40(32(5)56)46(64)49-31(4)42(60)51-37(43(61)48-25-27-55)29-34-21-23-35(58)24-22-34/h21-24,27,30-33,36-38,40-41,56-58H,7-20,25-26,28-29H2,1-6H3,(H,48,61)(H,49,64)(H,50,59)(H,51,60)(H,52,63)(H,53,62)/t31-,32+,33?,36-,37-,38+,40-,41-/m0/s1. The highest BCUT2D eigenvalue weighted by Crippen LogP contribution is 2.21. The third-order valence-electron chi connectivity index (χ3n) is 11.4. The van der Waals surface area contributed by atoms with Crippen LogP contribution in [0.15, 0.2) is 24.3 Å². The lowest BCUT2D eigenvalue weighted by atomic mass is 10.0. The molecule has 7 amide bonds. The van der Waals surface area contributed by atoms with Crippen molar-refractivity contribution in [2.24, 2.45) is 5.92 Å². The molecule has 9 N–H and O–H groups in total. The van der Waals surface area contributed by atoms with Crippen LogP contribution in [0.1, 0.15) is 143 Å². The lowest BCUT2D eigenvalue weighted by Gasteiger charge is -2.32. The normalized spacial score (nSPS) is 16.8. The number of aldehydes is 1. The summed E-state index contributed by atoms with van der Waals surface area (Å²) in [4.78, 5) is 106. The molecule has 0 saturated carbocycles. The average molecular weight is 916 g/mol. The van der Waals surface area contributed by atoms with E-state index in [1.807, 2.05) is 13.8 Å². The molecule has 1 heterocycles. The van der Waals surface area contributed by atoms with Gasteiger partial charge in [0.2, 0.25) is 41.4 Å². The van der Waals surface area contributed by atoms with E-state index in [4.69, 9.17) is 0 Å². The molecule has 0 spiro atoms. The zero-order chi connectivity index (χ0) is 48.5. The molecule has 1 aliphatic heterocycles. The zero-order valence-electron chi connectivity index (χ0n) is 39.4. The lowest BCUT2D eigenvalue weighted by Crippen LogP contribution is -2.62. The summed E-state index contributed by atoms with van der Waals surface area (Å²) in [5, 5.41) is 46.2. The summed E-state index contributed by atoms with van der Waals surface area (Å²) in [6, 6.07) is -1.72. The van der Waals surface area contributed by atoms with Crippen LogP contribution in [-0.4, -0.2) is 129 Å². The average Bonchev–Trinajstić information content (AvgIpc) is 3.75. The second kappa shape index (κ2) is 30.2. The van der Waals surface area contributed by atoms with Crippen LogP contribution in [0.2, 0.25) is 0 Å². The Balaban J connectivity index is 2.03. The van der Waals surface area contributed by atoms with Gasteiger partial charge in [0.25, 0.3) is 0 Å². The molecule has 1 saturated heterocycles. The van der Waals surface area contributed by atoms with Gasteiger partial charge in [-0.15, -0.1) is 0 Å². The fourth-order valence-corrected chi connectivity index (χ4v) is 7.71. The van der Waals surface area contributed by atoms with Crippen LogP contribution in [0, 0.1) is 5.92 Å². The van der Waals surface area contributed by atoms with E-state index in [2.05, 4.69) is 38.8 Å². The van der Waals surface area contributed by atoms with Gasteiger partial charge >= 0.3 is 0 Å². The molecule has 0 aliphatic carbocycles. The maximum Gasteiger partial charge on any atom is 0.248 e. The van der Waals surface area contributed by atoms with Gasteiger partial charge in [0, 0.05) is 19.4 Å². The molecule has 18 nitrogen and oxygen atoms in total. The van der Waals surface area contributed by atoms with Gasteiger partial charge in [-0.05, 0) is 70.1 Å². The first kappa shape index (κ1) is 56.0. The summed E-state index contributed by atoms with van der Waals surface area (Å²) >= 11 is 0. The van der Waals surface area contributed by atoms with Crippen molar-refractivity contribution >= 4 is 47.6 Å². The molecule has 0 radical (unpaired) electrons. The quantitative estimate of drug-likeness (QED) is 0.0385. The third kappa shape index (κ3) is 20.7. The molecule has 65 heavy (non-hydrogen) atoms. The molecule has 1 aliphatic rings. The van der Waals surface area contributed by atoms with Crippen LogP contribution in [-0.2, 0) is 44.8 Å². The first-order valence-corrected chi connectivity index (χ1v) is 23.6. The minimum Gasteiger partial charge on any atom is -0.508 e. The highest BCUT2D eigenvalue weighted by atomic mass is 16.3. The van der Waals surface area contributed by atoms with E-state index >= 15 is 0 Å². The van der Waals surface area contributed by atoms with Crippen molar-refractivity contribution in [1.29, 1.82) is 0 Å². The molecule has 2 rings (SSSR count). The van der Waals surface area contributed by atoms with Gasteiger partial charge in [-0.3, -0.25) is 33.6 Å². The molecule has 8 atom stereocenters. The van der Waals surface area contributed by atoms with Crippen molar-refractivity contribution in [2.45, 2.75) is 193 Å². The second-order valence-corrected chi connectivity index (χ2v) is 17.8. The van der Waals surface area contributed by atoms with Crippen LogP contribution in [0.5, 0.6) is 5.75 Å². The molecule has 1 aromatic rings. The van der Waals surface area contributed by atoms with E-state index in [0.717, 1.165) is 19.3 Å². The Labute approximate surface area is 384 Å². The summed E-state index contributed by atoms with van der Waals surface area (Å²) in [7, 11) is 0. The van der Waals surface area contributed by atoms with Crippen LogP contribution < -0.4 is 31.9 Å². The molecule has 0 aromatic heterocycles. The van der Waals surface area contributed by atoms with Crippen molar-refractivity contribution in [3.8, 4) is 5.75 Å². The predicted octanol–water partition coefficient (Wildman–Crippen LogP) is 2.19. The Morgan fingerprint density at radius 1 is 0.692 bits per heavy atom. The van der Waals surface area contributed by atoms with Gasteiger partial charge < -0.3 is 56.9 Å². The summed E-state index contributed by atoms with van der Waals surface area (Å²) in [6.45, 7) is 9.69. The number of likely N-dealkylation sites (tertiary alicyclic amines) is 1. The summed E-state index contributed by atoms with van der Waals surface area (Å²) in [5.41, 5.74) is 0.577. The number of unbranched alkanes of at least 4 members (excludes halogenated alkanes) is 10. The van der Waals surface area contributed by atoms with Crippen LogP contribution in [0.25, 0.3) is 0 Å². The number of aromatic hydroxyl groups is 1. The summed E-state index contributed by atoms with van der Waals surface area (Å²) in [5.74, 6) is -4.88. The summed E-state index contributed by atoms with van der Waals surface area (Å²) < 4.78 is 0. The molecular formula is C47H77N7O11. The maximum absolute atomic E-state index is 14.0. The number of amides is 7. The SMILES string of the molecule is CCCCCCCCCCCCCC(=O)N[C@@H](CC(C)C)C(=O)N[C@H](C(=O)N1CCC[C@@H]1C(=O)N[C@H](C(=O)N[C@@H](C)C(=O)N[C@@H](Cc1ccc(O)cc1)C(=O)NCC=O)[C@@H](C)O)C(C)O. The molecule has 366 valence electrons. The van der Waals surface area contributed by atoms with E-state index in [9.17, 15) is 53.7 Å². The minimum absolute atomic E-state index is 0.00558. The fourth-order valence-electron chi connectivity index (χ4n) is 7.71. The molecular weight excluding hydrogens is 839 g/mol. The van der Waals surface area contributed by atoms with Gasteiger partial charge in [0.1, 0.15) is 48.3 Å². The number of aliphatic hydroxyl groups is 2. The maximum atomic E-state index is 14.0. The van der Waals surface area contributed by atoms with E-state index in [1.54, 1.807) is 12.1 Å². The van der Waals surface area contributed by atoms with Gasteiger partial charge in [-0.1, -0.05) is 97.1 Å². The smallest absolute Gasteiger partial charge is 0.248 e. The van der Waals surface area contributed by atoms with Crippen LogP contribution in [0.4, 0.5) is 0 Å². The number of rotatable bonds is 31. The Bertz CT molecular complexity index is 1670. The van der Waals surface area contributed by atoms with E-state index in [1.165, 1.54) is 82.7 Å². The Kier molecular flexibility index (Phi) is 26.0. The Morgan fingerprint density at radius 3 is 1.83 bits per heavy atom. The van der Waals surface area contributed by atoms with Crippen molar-refractivity contribution in [3.05, 3.63) is 29.8 Å². The van der Waals surface area contributed by atoms with Gasteiger partial charge in [0.15, 0.2) is 0 Å². The number of carbonyl (C=O) groups excluding carboxylic acids is 8. The number of hydrogen-bond donors (Lipinski definition) is 9. The number of aliphatic hydroxyl groups excluding tert-OH is 2. The van der Waals surface area contributed by atoms with Crippen LogP contribution in [0.3, 0.4) is 0 Å². The zero-order valence-corrected chi connectivity index (χ0v) is 39.4. The highest BCUT2D eigenvalue weighted by molar-refractivity contribution is 5.97. The first-order valence-electron chi connectivity index (χ1n) is 23.6. The fraction of sp³-hybridized carbons (Fsp3) is 0.702.